The standard InChI is InChI=1S/C8H19NS2/c1-4-11-7-8(2)9-5-6-10-3/h8-9H,4-7H2,1-3H3. The van der Waals surface area contributed by atoms with Gasteiger partial charge in [0.15, 0.2) is 0 Å². The lowest BCUT2D eigenvalue weighted by molar-refractivity contribution is 0.624. The summed E-state index contributed by atoms with van der Waals surface area (Å²) in [7, 11) is 0. The van der Waals surface area contributed by atoms with Crippen LogP contribution in [0.2, 0.25) is 0 Å². The van der Waals surface area contributed by atoms with Crippen molar-refractivity contribution in [3.63, 3.8) is 0 Å². The Hall–Kier alpha value is 0.660. The molecule has 0 radical (unpaired) electrons. The van der Waals surface area contributed by atoms with Crippen molar-refractivity contribution in [3.8, 4) is 0 Å². The van der Waals surface area contributed by atoms with E-state index in [1.54, 1.807) is 0 Å². The minimum absolute atomic E-state index is 0.673. The van der Waals surface area contributed by atoms with Crippen molar-refractivity contribution >= 4 is 23.5 Å². The lowest BCUT2D eigenvalue weighted by atomic mass is 10.4. The highest BCUT2D eigenvalue weighted by Gasteiger charge is 1.98. The lowest BCUT2D eigenvalue weighted by Gasteiger charge is -2.11. The third-order valence-electron chi connectivity index (χ3n) is 1.37. The first-order valence-corrected chi connectivity index (χ1v) is 6.66. The van der Waals surface area contributed by atoms with Crippen LogP contribution in [-0.2, 0) is 0 Å². The van der Waals surface area contributed by atoms with Gasteiger partial charge >= 0.3 is 0 Å². The van der Waals surface area contributed by atoms with Gasteiger partial charge in [0.05, 0.1) is 0 Å². The van der Waals surface area contributed by atoms with Gasteiger partial charge in [-0.1, -0.05) is 6.92 Å². The van der Waals surface area contributed by atoms with E-state index in [-0.39, 0.29) is 0 Å². The average Bonchev–Trinajstić information content (AvgIpc) is 2.01. The van der Waals surface area contributed by atoms with Crippen LogP contribution in [0.1, 0.15) is 13.8 Å². The lowest BCUT2D eigenvalue weighted by Crippen LogP contribution is -2.30. The fourth-order valence-corrected chi connectivity index (χ4v) is 1.79. The number of rotatable bonds is 7. The van der Waals surface area contributed by atoms with Crippen molar-refractivity contribution in [2.24, 2.45) is 0 Å². The largest absolute Gasteiger partial charge is 0.313 e. The molecule has 3 heteroatoms. The van der Waals surface area contributed by atoms with Crippen molar-refractivity contribution in [3.05, 3.63) is 0 Å². The zero-order chi connectivity index (χ0) is 8.53. The number of thioether (sulfide) groups is 2. The second-order valence-corrected chi connectivity index (χ2v) is 4.81. The van der Waals surface area contributed by atoms with E-state index >= 15 is 0 Å². The predicted molar refractivity (Wildman–Crippen MR) is 58.8 cm³/mol. The predicted octanol–water partition coefficient (Wildman–Crippen LogP) is 2.08. The topological polar surface area (TPSA) is 12.0 Å². The van der Waals surface area contributed by atoms with E-state index in [1.807, 2.05) is 23.5 Å². The van der Waals surface area contributed by atoms with E-state index in [9.17, 15) is 0 Å². The normalized spacial score (nSPS) is 13.4. The van der Waals surface area contributed by atoms with Crippen molar-refractivity contribution in [1.29, 1.82) is 0 Å². The molecule has 0 aliphatic carbocycles. The smallest absolute Gasteiger partial charge is 0.0130 e. The summed E-state index contributed by atoms with van der Waals surface area (Å²) < 4.78 is 0. The molecule has 0 heterocycles. The summed E-state index contributed by atoms with van der Waals surface area (Å²) in [5.74, 6) is 3.70. The monoisotopic (exact) mass is 193 g/mol. The quantitative estimate of drug-likeness (QED) is 0.622. The van der Waals surface area contributed by atoms with Gasteiger partial charge in [0.1, 0.15) is 0 Å². The molecule has 1 nitrogen and oxygen atoms in total. The maximum Gasteiger partial charge on any atom is 0.0130 e. The summed E-state index contributed by atoms with van der Waals surface area (Å²) in [6.07, 6.45) is 2.15. The third-order valence-corrected chi connectivity index (χ3v) is 3.13. The summed E-state index contributed by atoms with van der Waals surface area (Å²) in [4.78, 5) is 0. The Morgan fingerprint density at radius 1 is 1.45 bits per heavy atom. The number of hydrogen-bond donors (Lipinski definition) is 1. The van der Waals surface area contributed by atoms with E-state index in [0.29, 0.717) is 6.04 Å². The van der Waals surface area contributed by atoms with Crippen molar-refractivity contribution in [2.45, 2.75) is 19.9 Å². The van der Waals surface area contributed by atoms with Crippen LogP contribution >= 0.6 is 23.5 Å². The van der Waals surface area contributed by atoms with Crippen LogP contribution in [0, 0.1) is 0 Å². The van der Waals surface area contributed by atoms with Crippen LogP contribution in [0.5, 0.6) is 0 Å². The Labute approximate surface area is 79.1 Å². The van der Waals surface area contributed by atoms with Gasteiger partial charge in [-0.25, -0.2) is 0 Å². The molecule has 0 aromatic carbocycles. The van der Waals surface area contributed by atoms with Crippen LogP contribution in [0.15, 0.2) is 0 Å². The maximum atomic E-state index is 3.48. The molecule has 0 spiro atoms. The molecule has 0 rings (SSSR count). The molecule has 0 amide bonds. The second kappa shape index (κ2) is 8.75. The van der Waals surface area contributed by atoms with Gasteiger partial charge in [-0.2, -0.15) is 23.5 Å². The van der Waals surface area contributed by atoms with Crippen LogP contribution in [0.25, 0.3) is 0 Å². The summed E-state index contributed by atoms with van der Waals surface area (Å²) in [5, 5.41) is 3.48. The maximum absolute atomic E-state index is 3.48. The highest BCUT2D eigenvalue weighted by atomic mass is 32.2. The molecule has 0 aliphatic rings. The SMILES string of the molecule is CCSCC(C)NCCSC. The second-order valence-electron chi connectivity index (χ2n) is 2.51. The van der Waals surface area contributed by atoms with Crippen LogP contribution in [0.4, 0.5) is 0 Å². The minimum atomic E-state index is 0.673. The number of hydrogen-bond acceptors (Lipinski definition) is 3. The van der Waals surface area contributed by atoms with Gasteiger partial charge in [-0.3, -0.25) is 0 Å². The van der Waals surface area contributed by atoms with E-state index in [0.717, 1.165) is 6.54 Å². The summed E-state index contributed by atoms with van der Waals surface area (Å²) in [6.45, 7) is 5.61. The zero-order valence-electron chi connectivity index (χ0n) is 7.72. The van der Waals surface area contributed by atoms with Crippen LogP contribution < -0.4 is 5.32 Å². The van der Waals surface area contributed by atoms with E-state index in [2.05, 4.69) is 25.4 Å². The molecule has 1 atom stereocenters. The van der Waals surface area contributed by atoms with Gasteiger partial charge in [0, 0.05) is 24.1 Å². The first kappa shape index (κ1) is 11.7. The average molecular weight is 193 g/mol. The Morgan fingerprint density at radius 2 is 2.18 bits per heavy atom. The third kappa shape index (κ3) is 8.57. The van der Waals surface area contributed by atoms with E-state index in [1.165, 1.54) is 17.3 Å². The minimum Gasteiger partial charge on any atom is -0.313 e. The Bertz CT molecular complexity index is 78.5. The molecule has 1 unspecified atom stereocenters. The van der Waals surface area contributed by atoms with Crippen molar-refractivity contribution in [1.82, 2.24) is 5.32 Å². The molecule has 0 aliphatic heterocycles. The molecular formula is C8H19NS2. The van der Waals surface area contributed by atoms with Gasteiger partial charge in [0.25, 0.3) is 0 Å². The first-order chi connectivity index (χ1) is 5.31. The zero-order valence-corrected chi connectivity index (χ0v) is 9.36. The summed E-state index contributed by atoms with van der Waals surface area (Å²) in [6, 6.07) is 0.673. The molecule has 0 aromatic rings. The molecule has 0 saturated carbocycles. The van der Waals surface area contributed by atoms with Crippen molar-refractivity contribution < 1.29 is 0 Å². The highest BCUT2D eigenvalue weighted by Crippen LogP contribution is 2.01. The van der Waals surface area contributed by atoms with E-state index < -0.39 is 0 Å². The van der Waals surface area contributed by atoms with Crippen molar-refractivity contribution in [2.75, 3.05) is 30.1 Å². The molecule has 11 heavy (non-hydrogen) atoms. The van der Waals surface area contributed by atoms with E-state index in [4.69, 9.17) is 0 Å². The Kier molecular flexibility index (Phi) is 9.28. The molecule has 1 N–H and O–H groups in total. The fourth-order valence-electron chi connectivity index (χ4n) is 0.761. The molecule has 0 fully saturated rings. The fraction of sp³-hybridized carbons (Fsp3) is 1.00. The van der Waals surface area contributed by atoms with Gasteiger partial charge in [0.2, 0.25) is 0 Å². The molecule has 0 bridgehead atoms. The molecule has 0 aromatic heterocycles. The number of nitrogens with one attached hydrogen (secondary N) is 1. The molecule has 68 valence electrons. The van der Waals surface area contributed by atoms with Gasteiger partial charge in [-0.15, -0.1) is 0 Å². The summed E-state index contributed by atoms with van der Waals surface area (Å²) >= 11 is 3.90. The van der Waals surface area contributed by atoms with Gasteiger partial charge in [-0.05, 0) is 18.9 Å². The van der Waals surface area contributed by atoms with Crippen LogP contribution in [0.3, 0.4) is 0 Å². The first-order valence-electron chi connectivity index (χ1n) is 4.11. The Morgan fingerprint density at radius 3 is 2.73 bits per heavy atom. The van der Waals surface area contributed by atoms with Crippen LogP contribution in [-0.4, -0.2) is 36.1 Å². The molecule has 0 saturated heterocycles. The Balaban J connectivity index is 3.02. The van der Waals surface area contributed by atoms with Gasteiger partial charge < -0.3 is 5.32 Å². The highest BCUT2D eigenvalue weighted by molar-refractivity contribution is 7.99. The molecular weight excluding hydrogens is 174 g/mol. The summed E-state index contributed by atoms with van der Waals surface area (Å²) in [5.41, 5.74) is 0.